The first-order valence-corrected chi connectivity index (χ1v) is 10.4. The van der Waals surface area contributed by atoms with Crippen LogP contribution in [-0.2, 0) is 6.54 Å². The predicted molar refractivity (Wildman–Crippen MR) is 124 cm³/mol. The van der Waals surface area contributed by atoms with Gasteiger partial charge in [-0.2, -0.15) is 11.8 Å². The van der Waals surface area contributed by atoms with Crippen LogP contribution in [0.3, 0.4) is 0 Å². The van der Waals surface area contributed by atoms with Gasteiger partial charge in [0, 0.05) is 56.5 Å². The van der Waals surface area contributed by atoms with Crippen LogP contribution >= 0.6 is 35.7 Å². The van der Waals surface area contributed by atoms with Crippen LogP contribution in [0.4, 0.5) is 5.82 Å². The van der Waals surface area contributed by atoms with Crippen LogP contribution in [0.25, 0.3) is 0 Å². The molecule has 2 aliphatic rings. The summed E-state index contributed by atoms with van der Waals surface area (Å²) in [5.41, 5.74) is 1.27. The van der Waals surface area contributed by atoms with E-state index in [1.54, 1.807) is 0 Å². The molecule has 1 N–H and O–H groups in total. The molecule has 0 saturated carbocycles. The molecular formula is C19H32IN5S. The van der Waals surface area contributed by atoms with Crippen LogP contribution < -0.4 is 10.2 Å². The lowest BCUT2D eigenvalue weighted by atomic mass is 10.1. The number of thioether (sulfide) groups is 1. The molecule has 2 saturated heterocycles. The number of nitrogens with zero attached hydrogens (tertiary/aromatic N) is 4. The smallest absolute Gasteiger partial charge is 0.193 e. The van der Waals surface area contributed by atoms with Crippen molar-refractivity contribution >= 4 is 47.5 Å². The van der Waals surface area contributed by atoms with Crippen molar-refractivity contribution in [2.75, 3.05) is 43.9 Å². The SMILES string of the molecule is CN=C(NCc1ccnc(N2CCCCC2)c1)N1CCSC(C)(C)C1.I. The van der Waals surface area contributed by atoms with Crippen molar-refractivity contribution in [1.82, 2.24) is 15.2 Å². The highest BCUT2D eigenvalue weighted by molar-refractivity contribution is 14.0. The van der Waals surface area contributed by atoms with Crippen molar-refractivity contribution < 1.29 is 0 Å². The molecule has 3 heterocycles. The molecule has 1 aromatic heterocycles. The van der Waals surface area contributed by atoms with Gasteiger partial charge >= 0.3 is 0 Å². The molecule has 0 bridgehead atoms. The molecule has 2 aliphatic heterocycles. The van der Waals surface area contributed by atoms with Crippen LogP contribution in [0.1, 0.15) is 38.7 Å². The topological polar surface area (TPSA) is 43.8 Å². The summed E-state index contributed by atoms with van der Waals surface area (Å²) in [5, 5.41) is 3.54. The molecule has 146 valence electrons. The summed E-state index contributed by atoms with van der Waals surface area (Å²) in [6.45, 7) is 9.77. The van der Waals surface area contributed by atoms with Gasteiger partial charge in [-0.15, -0.1) is 24.0 Å². The second-order valence-electron chi connectivity index (χ2n) is 7.50. The highest BCUT2D eigenvalue weighted by Crippen LogP contribution is 2.29. The van der Waals surface area contributed by atoms with Gasteiger partial charge in [-0.25, -0.2) is 4.98 Å². The molecule has 0 aliphatic carbocycles. The van der Waals surface area contributed by atoms with E-state index in [1.807, 2.05) is 25.0 Å². The third kappa shape index (κ3) is 5.90. The number of pyridine rings is 1. The molecule has 0 unspecified atom stereocenters. The number of anilines is 1. The van der Waals surface area contributed by atoms with Crippen molar-refractivity contribution in [1.29, 1.82) is 0 Å². The fourth-order valence-corrected chi connectivity index (χ4v) is 4.69. The Hall–Kier alpha value is -0.700. The van der Waals surface area contributed by atoms with Crippen LogP contribution in [0, 0.1) is 0 Å². The molecule has 0 aromatic carbocycles. The number of nitrogens with one attached hydrogen (secondary N) is 1. The van der Waals surface area contributed by atoms with Gasteiger partial charge in [-0.3, -0.25) is 4.99 Å². The molecule has 2 fully saturated rings. The second-order valence-corrected chi connectivity index (χ2v) is 9.30. The molecule has 5 nitrogen and oxygen atoms in total. The lowest BCUT2D eigenvalue weighted by molar-refractivity contribution is 0.375. The van der Waals surface area contributed by atoms with E-state index in [4.69, 9.17) is 0 Å². The summed E-state index contributed by atoms with van der Waals surface area (Å²) < 4.78 is 0.286. The average Bonchev–Trinajstić information content (AvgIpc) is 2.62. The largest absolute Gasteiger partial charge is 0.357 e. The molecule has 3 rings (SSSR count). The standard InChI is InChI=1S/C19H31N5S.HI/c1-19(2)15-24(11-12-25-19)18(20-3)22-14-16-7-8-21-17(13-16)23-9-5-4-6-10-23;/h7-8,13H,4-6,9-12,14-15H2,1-3H3,(H,20,22);1H. The normalized spacial score (nSPS) is 20.5. The zero-order valence-electron chi connectivity index (χ0n) is 16.2. The van der Waals surface area contributed by atoms with E-state index in [0.29, 0.717) is 0 Å². The quantitative estimate of drug-likeness (QED) is 0.400. The molecule has 0 radical (unpaired) electrons. The monoisotopic (exact) mass is 489 g/mol. The summed E-state index contributed by atoms with van der Waals surface area (Å²) in [6.07, 6.45) is 5.84. The molecule has 7 heteroatoms. The molecule has 0 spiro atoms. The molecular weight excluding hydrogens is 457 g/mol. The van der Waals surface area contributed by atoms with E-state index in [0.717, 1.165) is 50.3 Å². The van der Waals surface area contributed by atoms with E-state index >= 15 is 0 Å². The first-order valence-electron chi connectivity index (χ1n) is 9.37. The number of aliphatic imine (C=N–C) groups is 1. The van der Waals surface area contributed by atoms with Gasteiger partial charge < -0.3 is 15.1 Å². The van der Waals surface area contributed by atoms with Crippen molar-refractivity contribution in [3.8, 4) is 0 Å². The zero-order valence-corrected chi connectivity index (χ0v) is 19.3. The second kappa shape index (κ2) is 10.0. The highest BCUT2D eigenvalue weighted by atomic mass is 127. The van der Waals surface area contributed by atoms with Gasteiger partial charge in [0.2, 0.25) is 0 Å². The number of guanidine groups is 1. The Kier molecular flexibility index (Phi) is 8.32. The summed E-state index contributed by atoms with van der Waals surface area (Å²) in [7, 11) is 1.88. The van der Waals surface area contributed by atoms with Crippen molar-refractivity contribution in [3.05, 3.63) is 23.9 Å². The first-order chi connectivity index (χ1) is 12.1. The number of rotatable bonds is 3. The van der Waals surface area contributed by atoms with Gasteiger partial charge in [0.05, 0.1) is 0 Å². The van der Waals surface area contributed by atoms with E-state index in [9.17, 15) is 0 Å². The summed E-state index contributed by atoms with van der Waals surface area (Å²) >= 11 is 2.05. The molecule has 0 atom stereocenters. The fourth-order valence-electron chi connectivity index (χ4n) is 3.58. The van der Waals surface area contributed by atoms with E-state index in [-0.39, 0.29) is 28.7 Å². The van der Waals surface area contributed by atoms with Crippen molar-refractivity contribution in [3.63, 3.8) is 0 Å². The molecule has 0 amide bonds. The minimum absolute atomic E-state index is 0. The van der Waals surface area contributed by atoms with Crippen molar-refractivity contribution in [2.24, 2.45) is 4.99 Å². The Labute approximate surface area is 179 Å². The van der Waals surface area contributed by atoms with Gasteiger partial charge in [0.15, 0.2) is 5.96 Å². The Bertz CT molecular complexity index is 601. The number of piperidine rings is 1. The Morgan fingerprint density at radius 2 is 2.04 bits per heavy atom. The fraction of sp³-hybridized carbons (Fsp3) is 0.684. The van der Waals surface area contributed by atoms with E-state index in [2.05, 4.69) is 51.1 Å². The maximum Gasteiger partial charge on any atom is 0.193 e. The van der Waals surface area contributed by atoms with Crippen LogP contribution in [0.5, 0.6) is 0 Å². The minimum atomic E-state index is 0. The number of halogens is 1. The summed E-state index contributed by atoms with van der Waals surface area (Å²) in [4.78, 5) is 13.9. The van der Waals surface area contributed by atoms with Crippen LogP contribution in [0.15, 0.2) is 23.3 Å². The number of aromatic nitrogens is 1. The lowest BCUT2D eigenvalue weighted by Crippen LogP contribution is -2.50. The molecule has 26 heavy (non-hydrogen) atoms. The zero-order chi connectivity index (χ0) is 17.7. The third-order valence-corrected chi connectivity index (χ3v) is 6.17. The van der Waals surface area contributed by atoms with Crippen LogP contribution in [-0.4, -0.2) is 59.6 Å². The Balaban J connectivity index is 0.00000243. The lowest BCUT2D eigenvalue weighted by Gasteiger charge is -2.39. The Morgan fingerprint density at radius 3 is 2.73 bits per heavy atom. The van der Waals surface area contributed by atoms with Gasteiger partial charge in [0.25, 0.3) is 0 Å². The number of hydrogen-bond donors (Lipinski definition) is 1. The number of hydrogen-bond acceptors (Lipinski definition) is 4. The van der Waals surface area contributed by atoms with Gasteiger partial charge in [0.1, 0.15) is 5.82 Å². The Morgan fingerprint density at radius 1 is 1.27 bits per heavy atom. The third-order valence-electron chi connectivity index (χ3n) is 4.88. The van der Waals surface area contributed by atoms with E-state index < -0.39 is 0 Å². The molecule has 1 aromatic rings. The minimum Gasteiger partial charge on any atom is -0.357 e. The van der Waals surface area contributed by atoms with Gasteiger partial charge in [-0.05, 0) is 50.8 Å². The summed E-state index contributed by atoms with van der Waals surface area (Å²) in [6, 6.07) is 4.32. The first kappa shape index (κ1) is 21.6. The van der Waals surface area contributed by atoms with Crippen molar-refractivity contribution in [2.45, 2.75) is 44.4 Å². The predicted octanol–water partition coefficient (Wildman–Crippen LogP) is 3.59. The van der Waals surface area contributed by atoms with Gasteiger partial charge in [-0.1, -0.05) is 0 Å². The highest BCUT2D eigenvalue weighted by Gasteiger charge is 2.28. The van der Waals surface area contributed by atoms with E-state index in [1.165, 1.54) is 24.8 Å². The van der Waals surface area contributed by atoms with Crippen LogP contribution in [0.2, 0.25) is 0 Å². The maximum absolute atomic E-state index is 4.57. The maximum atomic E-state index is 4.57. The summed E-state index contributed by atoms with van der Waals surface area (Å²) in [5.74, 6) is 3.27. The average molecular weight is 489 g/mol.